The number of benzene rings is 1. The number of amides is 1. The van der Waals surface area contributed by atoms with Crippen molar-refractivity contribution in [2.45, 2.75) is 52.0 Å². The van der Waals surface area contributed by atoms with Gasteiger partial charge in [0.05, 0.1) is 33.3 Å². The van der Waals surface area contributed by atoms with Gasteiger partial charge in [0.2, 0.25) is 0 Å². The molecule has 1 amide bonds. The van der Waals surface area contributed by atoms with Gasteiger partial charge in [-0.15, -0.1) is 0 Å². The molecule has 1 aromatic carbocycles. The molecule has 5 nitrogen and oxygen atoms in total. The lowest BCUT2D eigenvalue weighted by atomic mass is 10.1. The fourth-order valence-corrected chi connectivity index (χ4v) is 3.57. The van der Waals surface area contributed by atoms with E-state index in [1.807, 2.05) is 12.1 Å². The third-order valence-electron chi connectivity index (χ3n) is 5.20. The fraction of sp³-hybridized carbons (Fsp3) is 0.667. The van der Waals surface area contributed by atoms with Crippen LogP contribution in [0.15, 0.2) is 24.3 Å². The van der Waals surface area contributed by atoms with Crippen molar-refractivity contribution in [1.29, 1.82) is 0 Å². The Bertz CT molecular complexity index is 542. The highest BCUT2D eigenvalue weighted by molar-refractivity contribution is 5.77. The van der Waals surface area contributed by atoms with Gasteiger partial charge in [-0.2, -0.15) is 0 Å². The van der Waals surface area contributed by atoms with Gasteiger partial charge in [0.1, 0.15) is 5.75 Å². The first-order valence-corrected chi connectivity index (χ1v) is 10.1. The lowest BCUT2D eigenvalue weighted by Crippen LogP contribution is -3.16. The molecule has 2 N–H and O–H groups in total. The van der Waals surface area contributed by atoms with Crippen molar-refractivity contribution in [2.75, 3.05) is 44.7 Å². The maximum absolute atomic E-state index is 12.3. The lowest BCUT2D eigenvalue weighted by molar-refractivity contribution is -0.892. The molecule has 0 unspecified atom stereocenters. The van der Waals surface area contributed by atoms with Crippen molar-refractivity contribution < 1.29 is 14.4 Å². The summed E-state index contributed by atoms with van der Waals surface area (Å²) in [5, 5.41) is 3.17. The lowest BCUT2D eigenvalue weighted by Gasteiger charge is -2.33. The van der Waals surface area contributed by atoms with Crippen molar-refractivity contribution >= 4 is 11.6 Å². The predicted octanol–water partition coefficient (Wildman–Crippen LogP) is 1.88. The average molecular weight is 363 g/mol. The Morgan fingerprint density at radius 1 is 1.27 bits per heavy atom. The van der Waals surface area contributed by atoms with Crippen LogP contribution in [-0.4, -0.2) is 51.8 Å². The number of anilines is 1. The summed E-state index contributed by atoms with van der Waals surface area (Å²) in [6.07, 6.45) is 6.12. The normalized spacial score (nSPS) is 16.3. The number of unbranched alkanes of at least 4 members (excludes halogenated alkanes) is 3. The molecule has 1 aliphatic heterocycles. The Morgan fingerprint density at radius 2 is 2.04 bits per heavy atom. The van der Waals surface area contributed by atoms with E-state index in [0.717, 1.165) is 38.3 Å². The summed E-state index contributed by atoms with van der Waals surface area (Å²) in [5.74, 6) is 1.09. The molecular weight excluding hydrogens is 326 g/mol. The van der Waals surface area contributed by atoms with E-state index in [0.29, 0.717) is 6.54 Å². The number of piperazine rings is 1. The second-order valence-electron chi connectivity index (χ2n) is 7.43. The number of quaternary nitrogens is 1. The Labute approximate surface area is 158 Å². The van der Waals surface area contributed by atoms with Gasteiger partial charge in [-0.3, -0.25) is 4.79 Å². The minimum absolute atomic E-state index is 0.192. The molecule has 1 aliphatic rings. The summed E-state index contributed by atoms with van der Waals surface area (Å²) < 4.78 is 5.31. The van der Waals surface area contributed by atoms with Crippen LogP contribution in [0.3, 0.4) is 0 Å². The average Bonchev–Trinajstić information content (AvgIpc) is 2.66. The summed E-state index contributed by atoms with van der Waals surface area (Å²) in [7, 11) is 1.70. The zero-order valence-corrected chi connectivity index (χ0v) is 16.7. The van der Waals surface area contributed by atoms with Gasteiger partial charge in [-0.25, -0.2) is 0 Å². The van der Waals surface area contributed by atoms with Crippen molar-refractivity contribution in [3.8, 4) is 5.75 Å². The molecule has 0 bridgehead atoms. The Kier molecular flexibility index (Phi) is 8.75. The number of ether oxygens (including phenoxy) is 1. The van der Waals surface area contributed by atoms with Gasteiger partial charge in [-0.1, -0.05) is 38.7 Å². The molecule has 1 atom stereocenters. The number of carbonyl (C=O) groups is 1. The minimum Gasteiger partial charge on any atom is -0.497 e. The molecular formula is C21H36N3O2+. The first-order valence-electron chi connectivity index (χ1n) is 10.1. The maximum Gasteiger partial charge on any atom is 0.275 e. The number of carbonyl (C=O) groups excluding carboxylic acids is 1. The predicted molar refractivity (Wildman–Crippen MR) is 107 cm³/mol. The van der Waals surface area contributed by atoms with Crippen LogP contribution >= 0.6 is 0 Å². The molecule has 2 rings (SSSR count). The summed E-state index contributed by atoms with van der Waals surface area (Å²) in [5.41, 5.74) is 1.20. The van der Waals surface area contributed by atoms with Gasteiger partial charge in [0, 0.05) is 17.8 Å². The molecule has 0 saturated carbocycles. The van der Waals surface area contributed by atoms with Gasteiger partial charge in [-0.05, 0) is 25.5 Å². The van der Waals surface area contributed by atoms with E-state index in [9.17, 15) is 4.79 Å². The van der Waals surface area contributed by atoms with Crippen LogP contribution < -0.4 is 19.9 Å². The van der Waals surface area contributed by atoms with E-state index in [4.69, 9.17) is 4.74 Å². The Hall–Kier alpha value is -1.75. The van der Waals surface area contributed by atoms with Crippen molar-refractivity contribution in [1.82, 2.24) is 5.32 Å². The third-order valence-corrected chi connectivity index (χ3v) is 5.20. The highest BCUT2D eigenvalue weighted by atomic mass is 16.5. The van der Waals surface area contributed by atoms with Crippen LogP contribution in [0.4, 0.5) is 5.69 Å². The number of methoxy groups -OCH3 is 1. The first-order chi connectivity index (χ1) is 12.6. The molecule has 5 heteroatoms. The zero-order chi connectivity index (χ0) is 18.8. The van der Waals surface area contributed by atoms with E-state index < -0.39 is 0 Å². The second-order valence-corrected chi connectivity index (χ2v) is 7.43. The number of rotatable bonds is 10. The van der Waals surface area contributed by atoms with Crippen LogP contribution in [0.1, 0.15) is 46.0 Å². The van der Waals surface area contributed by atoms with Crippen LogP contribution in [0.25, 0.3) is 0 Å². The molecule has 0 aliphatic carbocycles. The van der Waals surface area contributed by atoms with Crippen LogP contribution in [0.2, 0.25) is 0 Å². The summed E-state index contributed by atoms with van der Waals surface area (Å²) in [6.45, 7) is 8.88. The van der Waals surface area contributed by atoms with Gasteiger partial charge in [0.25, 0.3) is 5.91 Å². The third kappa shape index (κ3) is 6.87. The van der Waals surface area contributed by atoms with E-state index in [1.54, 1.807) is 7.11 Å². The molecule has 0 aromatic heterocycles. The number of hydrogen-bond donors (Lipinski definition) is 2. The molecule has 146 valence electrons. The van der Waals surface area contributed by atoms with Crippen LogP contribution in [-0.2, 0) is 4.79 Å². The van der Waals surface area contributed by atoms with Crippen LogP contribution in [0, 0.1) is 0 Å². The van der Waals surface area contributed by atoms with E-state index >= 15 is 0 Å². The van der Waals surface area contributed by atoms with Crippen LogP contribution in [0.5, 0.6) is 5.75 Å². The quantitative estimate of drug-likeness (QED) is 0.625. The topological polar surface area (TPSA) is 46.0 Å². The number of hydrogen-bond acceptors (Lipinski definition) is 3. The monoisotopic (exact) mass is 362 g/mol. The molecule has 1 heterocycles. The van der Waals surface area contributed by atoms with E-state index in [-0.39, 0.29) is 11.9 Å². The molecule has 1 fully saturated rings. The fourth-order valence-electron chi connectivity index (χ4n) is 3.57. The SMILES string of the molecule is CCCCCC[C@H](C)NC(=O)C[NH+]1CCN(c2cccc(OC)c2)CC1. The van der Waals surface area contributed by atoms with Gasteiger partial charge < -0.3 is 19.9 Å². The van der Waals surface area contributed by atoms with Crippen molar-refractivity contribution in [3.05, 3.63) is 24.3 Å². The van der Waals surface area contributed by atoms with Gasteiger partial charge >= 0.3 is 0 Å². The van der Waals surface area contributed by atoms with Crippen molar-refractivity contribution in [3.63, 3.8) is 0 Å². The highest BCUT2D eigenvalue weighted by Gasteiger charge is 2.23. The standard InChI is InChI=1S/C21H35N3O2/c1-4-5-6-7-9-18(2)22-21(25)17-23-12-14-24(15-13-23)19-10-8-11-20(16-19)26-3/h8,10-11,16,18H,4-7,9,12-15,17H2,1-3H3,(H,22,25)/p+1/t18-/m0/s1. The Balaban J connectivity index is 1.68. The van der Waals surface area contributed by atoms with E-state index in [1.165, 1.54) is 36.3 Å². The number of nitrogens with zero attached hydrogens (tertiary/aromatic N) is 1. The zero-order valence-electron chi connectivity index (χ0n) is 16.7. The summed E-state index contributed by atoms with van der Waals surface area (Å²) in [4.78, 5) is 16.0. The second kappa shape index (κ2) is 11.1. The first kappa shape index (κ1) is 20.6. The molecule has 1 saturated heterocycles. The minimum atomic E-state index is 0.192. The van der Waals surface area contributed by atoms with E-state index in [2.05, 4.69) is 36.2 Å². The largest absolute Gasteiger partial charge is 0.497 e. The number of nitrogens with one attached hydrogen (secondary N) is 2. The molecule has 0 spiro atoms. The maximum atomic E-state index is 12.3. The smallest absolute Gasteiger partial charge is 0.275 e. The molecule has 26 heavy (non-hydrogen) atoms. The van der Waals surface area contributed by atoms with Crippen molar-refractivity contribution in [2.24, 2.45) is 0 Å². The van der Waals surface area contributed by atoms with Gasteiger partial charge in [0.15, 0.2) is 6.54 Å². The highest BCUT2D eigenvalue weighted by Crippen LogP contribution is 2.20. The Morgan fingerprint density at radius 3 is 2.73 bits per heavy atom. The summed E-state index contributed by atoms with van der Waals surface area (Å²) >= 11 is 0. The molecule has 0 radical (unpaired) electrons. The summed E-state index contributed by atoms with van der Waals surface area (Å²) in [6, 6.07) is 8.50. The molecule has 1 aromatic rings.